The number of hydrogen-bond donors (Lipinski definition) is 2. The number of halogens is 3. The predicted molar refractivity (Wildman–Crippen MR) is 88.1 cm³/mol. The van der Waals surface area contributed by atoms with Crippen molar-refractivity contribution in [3.05, 3.63) is 30.4 Å². The topological polar surface area (TPSA) is 103 Å². The number of pyridine rings is 1. The molecule has 7 nitrogen and oxygen atoms in total. The SMILES string of the molecule is CC(C)(C#N)c1cc(-c2n[nH]c3ccnc(NCC(F)(F)F)c23)ncn1. The lowest BCUT2D eigenvalue weighted by Gasteiger charge is -2.14. The van der Waals surface area contributed by atoms with Crippen molar-refractivity contribution in [1.29, 1.82) is 5.26 Å². The number of anilines is 1. The molecule has 3 aromatic rings. The zero-order valence-electron chi connectivity index (χ0n) is 13.9. The van der Waals surface area contributed by atoms with Gasteiger partial charge in [0, 0.05) is 6.20 Å². The van der Waals surface area contributed by atoms with Crippen LogP contribution in [0.4, 0.5) is 19.0 Å². The second kappa shape index (κ2) is 6.25. The Morgan fingerprint density at radius 2 is 2.00 bits per heavy atom. The first kappa shape index (κ1) is 17.6. The third-order valence-electron chi connectivity index (χ3n) is 3.76. The summed E-state index contributed by atoms with van der Waals surface area (Å²) in [6.45, 7) is 2.19. The second-order valence-corrected chi connectivity index (χ2v) is 6.15. The number of aromatic amines is 1. The summed E-state index contributed by atoms with van der Waals surface area (Å²) in [5.41, 5.74) is 0.858. The quantitative estimate of drug-likeness (QED) is 0.740. The molecule has 2 N–H and O–H groups in total. The van der Waals surface area contributed by atoms with E-state index in [0.29, 0.717) is 28.0 Å². The molecule has 26 heavy (non-hydrogen) atoms. The fourth-order valence-corrected chi connectivity index (χ4v) is 2.36. The van der Waals surface area contributed by atoms with E-state index in [9.17, 15) is 18.4 Å². The van der Waals surface area contributed by atoms with E-state index in [1.807, 2.05) is 0 Å². The molecule has 3 heterocycles. The van der Waals surface area contributed by atoms with Crippen LogP contribution >= 0.6 is 0 Å². The summed E-state index contributed by atoms with van der Waals surface area (Å²) < 4.78 is 37.6. The Hall–Kier alpha value is -3.22. The molecule has 3 aromatic heterocycles. The summed E-state index contributed by atoms with van der Waals surface area (Å²) in [5.74, 6) is 0.0447. The lowest BCUT2D eigenvalue weighted by Crippen LogP contribution is -2.21. The lowest BCUT2D eigenvalue weighted by atomic mass is 9.90. The Morgan fingerprint density at radius 3 is 2.69 bits per heavy atom. The molecular weight excluding hydrogens is 347 g/mol. The van der Waals surface area contributed by atoms with E-state index in [2.05, 4.69) is 36.5 Å². The minimum absolute atomic E-state index is 0.0447. The highest BCUT2D eigenvalue weighted by molar-refractivity contribution is 5.99. The first-order valence-electron chi connectivity index (χ1n) is 7.59. The highest BCUT2D eigenvalue weighted by Crippen LogP contribution is 2.31. The molecular formula is C16H14F3N7. The van der Waals surface area contributed by atoms with Crippen molar-refractivity contribution in [3.8, 4) is 17.5 Å². The summed E-state index contributed by atoms with van der Waals surface area (Å²) in [6, 6.07) is 5.35. The predicted octanol–water partition coefficient (Wildman–Crippen LogP) is 3.19. The zero-order valence-corrected chi connectivity index (χ0v) is 13.9. The molecule has 0 atom stereocenters. The Balaban J connectivity index is 2.09. The van der Waals surface area contributed by atoms with Crippen molar-refractivity contribution in [2.24, 2.45) is 0 Å². The van der Waals surface area contributed by atoms with E-state index in [0.717, 1.165) is 0 Å². The molecule has 0 aliphatic heterocycles. The molecule has 0 saturated heterocycles. The van der Waals surface area contributed by atoms with Gasteiger partial charge in [-0.05, 0) is 26.0 Å². The summed E-state index contributed by atoms with van der Waals surface area (Å²) in [7, 11) is 0. The van der Waals surface area contributed by atoms with Gasteiger partial charge in [-0.15, -0.1) is 0 Å². The van der Waals surface area contributed by atoms with Crippen molar-refractivity contribution in [1.82, 2.24) is 25.1 Å². The van der Waals surface area contributed by atoms with Gasteiger partial charge in [0.05, 0.1) is 33.8 Å². The smallest absolute Gasteiger partial charge is 0.361 e. The number of hydrogen-bond acceptors (Lipinski definition) is 6. The van der Waals surface area contributed by atoms with Gasteiger partial charge in [-0.25, -0.2) is 15.0 Å². The average Bonchev–Trinajstić information content (AvgIpc) is 3.04. The number of fused-ring (bicyclic) bond motifs is 1. The van der Waals surface area contributed by atoms with Crippen molar-refractivity contribution in [2.75, 3.05) is 11.9 Å². The van der Waals surface area contributed by atoms with Gasteiger partial charge < -0.3 is 5.32 Å². The summed E-state index contributed by atoms with van der Waals surface area (Å²) >= 11 is 0. The Bertz CT molecular complexity index is 985. The maximum atomic E-state index is 12.5. The maximum Gasteiger partial charge on any atom is 0.405 e. The van der Waals surface area contributed by atoms with Crippen LogP contribution in [-0.4, -0.2) is 37.9 Å². The van der Waals surface area contributed by atoms with Gasteiger partial charge in [0.1, 0.15) is 24.4 Å². The third kappa shape index (κ3) is 3.42. The number of rotatable bonds is 4. The van der Waals surface area contributed by atoms with E-state index < -0.39 is 18.1 Å². The highest BCUT2D eigenvalue weighted by atomic mass is 19.4. The fraction of sp³-hybridized carbons (Fsp3) is 0.312. The minimum Gasteiger partial charge on any atom is -0.361 e. The second-order valence-electron chi connectivity index (χ2n) is 6.15. The van der Waals surface area contributed by atoms with Crippen LogP contribution in [-0.2, 0) is 5.41 Å². The molecule has 10 heteroatoms. The summed E-state index contributed by atoms with van der Waals surface area (Å²) in [5, 5.41) is 18.9. The molecule has 0 aliphatic carbocycles. The van der Waals surface area contributed by atoms with Crippen LogP contribution in [0.15, 0.2) is 24.7 Å². The van der Waals surface area contributed by atoms with Gasteiger partial charge in [0.2, 0.25) is 0 Å². The molecule has 0 unspecified atom stereocenters. The molecule has 0 saturated carbocycles. The van der Waals surface area contributed by atoms with E-state index in [1.165, 1.54) is 12.5 Å². The fourth-order valence-electron chi connectivity index (χ4n) is 2.36. The Labute approximate surface area is 146 Å². The van der Waals surface area contributed by atoms with Crippen LogP contribution in [0, 0.1) is 11.3 Å². The molecule has 0 amide bonds. The molecule has 0 aromatic carbocycles. The molecule has 0 aliphatic rings. The Kier molecular flexibility index (Phi) is 4.23. The third-order valence-corrected chi connectivity index (χ3v) is 3.76. The Morgan fingerprint density at radius 1 is 1.23 bits per heavy atom. The minimum atomic E-state index is -4.38. The largest absolute Gasteiger partial charge is 0.405 e. The first-order chi connectivity index (χ1) is 12.2. The van der Waals surface area contributed by atoms with Crippen LogP contribution in [0.2, 0.25) is 0 Å². The van der Waals surface area contributed by atoms with Gasteiger partial charge >= 0.3 is 6.18 Å². The van der Waals surface area contributed by atoms with Gasteiger partial charge in [-0.3, -0.25) is 5.10 Å². The van der Waals surface area contributed by atoms with Crippen LogP contribution in [0.5, 0.6) is 0 Å². The van der Waals surface area contributed by atoms with Crippen LogP contribution in [0.25, 0.3) is 22.3 Å². The van der Waals surface area contributed by atoms with E-state index in [4.69, 9.17) is 0 Å². The highest BCUT2D eigenvalue weighted by Gasteiger charge is 2.28. The van der Waals surface area contributed by atoms with Crippen LogP contribution in [0.1, 0.15) is 19.5 Å². The molecule has 134 valence electrons. The number of H-pyrrole nitrogens is 1. The van der Waals surface area contributed by atoms with Crippen LogP contribution in [0.3, 0.4) is 0 Å². The van der Waals surface area contributed by atoms with Crippen molar-refractivity contribution in [3.63, 3.8) is 0 Å². The maximum absolute atomic E-state index is 12.5. The van der Waals surface area contributed by atoms with E-state index in [1.54, 1.807) is 26.0 Å². The zero-order chi connectivity index (χ0) is 18.9. The molecule has 0 bridgehead atoms. The average molecular weight is 361 g/mol. The number of nitrogens with one attached hydrogen (secondary N) is 2. The number of aromatic nitrogens is 5. The molecule has 0 radical (unpaired) electrons. The summed E-state index contributed by atoms with van der Waals surface area (Å²) in [4.78, 5) is 12.2. The van der Waals surface area contributed by atoms with E-state index >= 15 is 0 Å². The van der Waals surface area contributed by atoms with Crippen LogP contribution < -0.4 is 5.32 Å². The summed E-state index contributed by atoms with van der Waals surface area (Å²) in [6.07, 6.45) is -1.71. The number of nitriles is 1. The number of nitrogens with zero attached hydrogens (tertiary/aromatic N) is 5. The number of alkyl halides is 3. The van der Waals surface area contributed by atoms with Gasteiger partial charge in [0.25, 0.3) is 0 Å². The van der Waals surface area contributed by atoms with Gasteiger partial charge in [-0.1, -0.05) is 0 Å². The van der Waals surface area contributed by atoms with Crippen molar-refractivity contribution < 1.29 is 13.2 Å². The van der Waals surface area contributed by atoms with Gasteiger partial charge in [0.15, 0.2) is 0 Å². The monoisotopic (exact) mass is 361 g/mol. The van der Waals surface area contributed by atoms with Crippen molar-refractivity contribution >= 4 is 16.7 Å². The molecule has 0 spiro atoms. The normalized spacial score (nSPS) is 12.2. The molecule has 3 rings (SSSR count). The standard InChI is InChI=1S/C16H14F3N7/c1-15(2,6-20)11-5-10(23-8-24-11)13-12-9(25-26-13)3-4-21-14(12)22-7-16(17,18)19/h3-5,8H,7H2,1-2H3,(H,21,22)(H,25,26). The molecule has 0 fully saturated rings. The lowest BCUT2D eigenvalue weighted by molar-refractivity contribution is -0.115. The van der Waals surface area contributed by atoms with Gasteiger partial charge in [-0.2, -0.15) is 23.5 Å². The van der Waals surface area contributed by atoms with Crippen molar-refractivity contribution in [2.45, 2.75) is 25.4 Å². The first-order valence-corrected chi connectivity index (χ1v) is 7.59. The van der Waals surface area contributed by atoms with E-state index in [-0.39, 0.29) is 5.82 Å².